The molecule has 0 saturated carbocycles. The molecule has 0 unspecified atom stereocenters. The van der Waals surface area contributed by atoms with E-state index >= 15 is 0 Å². The van der Waals surface area contributed by atoms with Gasteiger partial charge in [0, 0.05) is 17.8 Å². The van der Waals surface area contributed by atoms with Gasteiger partial charge in [-0.2, -0.15) is 0 Å². The number of carbonyl (C=O) groups excluding carboxylic acids is 2. The minimum Gasteiger partial charge on any atom is -0.448 e. The summed E-state index contributed by atoms with van der Waals surface area (Å²) >= 11 is 0. The first-order valence-electron chi connectivity index (χ1n) is 7.42. The number of ketones is 1. The third-order valence-corrected chi connectivity index (χ3v) is 3.63. The van der Waals surface area contributed by atoms with E-state index in [1.807, 2.05) is 0 Å². The number of amides is 1. The zero-order valence-electron chi connectivity index (χ0n) is 12.4. The van der Waals surface area contributed by atoms with Crippen LogP contribution in [0.15, 0.2) is 24.3 Å². The van der Waals surface area contributed by atoms with Gasteiger partial charge in [0.1, 0.15) is 6.61 Å². The van der Waals surface area contributed by atoms with Crippen molar-refractivity contribution < 1.29 is 14.3 Å². The van der Waals surface area contributed by atoms with Gasteiger partial charge in [-0.3, -0.25) is 15.0 Å². The summed E-state index contributed by atoms with van der Waals surface area (Å²) in [5.41, 5.74) is 1.25. The van der Waals surface area contributed by atoms with E-state index in [1.54, 1.807) is 24.3 Å². The highest BCUT2D eigenvalue weighted by Gasteiger charge is 2.10. The zero-order valence-corrected chi connectivity index (χ0v) is 12.4. The zero-order chi connectivity index (χ0) is 15.1. The topological polar surface area (TPSA) is 58.6 Å². The predicted octanol–water partition coefficient (Wildman–Crippen LogP) is 2.92. The van der Waals surface area contributed by atoms with E-state index in [0.717, 1.165) is 19.6 Å². The molecule has 0 aromatic heterocycles. The number of hydrogen-bond acceptors (Lipinski definition) is 4. The molecule has 0 aliphatic carbocycles. The minimum absolute atomic E-state index is 0.00524. The number of rotatable bonds is 5. The van der Waals surface area contributed by atoms with Gasteiger partial charge in [0.05, 0.1) is 0 Å². The van der Waals surface area contributed by atoms with Gasteiger partial charge in [-0.15, -0.1) is 0 Å². The lowest BCUT2D eigenvalue weighted by molar-refractivity contribution is 0.101. The van der Waals surface area contributed by atoms with Crippen LogP contribution in [-0.2, 0) is 4.74 Å². The van der Waals surface area contributed by atoms with Gasteiger partial charge in [-0.25, -0.2) is 4.79 Å². The number of likely N-dealkylation sites (tertiary alicyclic amines) is 1. The van der Waals surface area contributed by atoms with Gasteiger partial charge in [0.25, 0.3) is 0 Å². The van der Waals surface area contributed by atoms with Gasteiger partial charge >= 0.3 is 6.09 Å². The van der Waals surface area contributed by atoms with Crippen LogP contribution < -0.4 is 5.32 Å². The molecule has 5 heteroatoms. The molecule has 1 aliphatic rings. The fourth-order valence-electron chi connectivity index (χ4n) is 2.39. The maximum Gasteiger partial charge on any atom is 0.411 e. The molecular formula is C16H22N2O3. The Bertz CT molecular complexity index is 479. The van der Waals surface area contributed by atoms with Crippen LogP contribution in [-0.4, -0.2) is 43.0 Å². The first-order chi connectivity index (χ1) is 10.1. The van der Waals surface area contributed by atoms with Crippen molar-refractivity contribution in [2.45, 2.75) is 26.2 Å². The maximum absolute atomic E-state index is 11.7. The lowest BCUT2D eigenvalue weighted by Crippen LogP contribution is -2.33. The molecule has 1 saturated heterocycles. The Labute approximate surface area is 125 Å². The van der Waals surface area contributed by atoms with Crippen LogP contribution in [0.4, 0.5) is 10.5 Å². The molecule has 0 bridgehead atoms. The summed E-state index contributed by atoms with van der Waals surface area (Å²) in [6.45, 7) is 4.89. The molecule has 21 heavy (non-hydrogen) atoms. The summed E-state index contributed by atoms with van der Waals surface area (Å²) in [6.07, 6.45) is 3.31. The second-order valence-electron chi connectivity index (χ2n) is 5.30. The Kier molecular flexibility index (Phi) is 5.75. The van der Waals surface area contributed by atoms with Crippen molar-refractivity contribution >= 4 is 17.6 Å². The second-order valence-corrected chi connectivity index (χ2v) is 5.30. The first-order valence-corrected chi connectivity index (χ1v) is 7.42. The molecule has 1 aromatic rings. The monoisotopic (exact) mass is 290 g/mol. The quantitative estimate of drug-likeness (QED) is 0.847. The summed E-state index contributed by atoms with van der Waals surface area (Å²) in [5, 5.41) is 2.65. The van der Waals surface area contributed by atoms with Crippen molar-refractivity contribution in [2.24, 2.45) is 0 Å². The largest absolute Gasteiger partial charge is 0.448 e. The number of ether oxygens (including phenoxy) is 1. The van der Waals surface area contributed by atoms with E-state index in [9.17, 15) is 9.59 Å². The number of carbonyl (C=O) groups is 2. The fraction of sp³-hybridized carbons (Fsp3) is 0.500. The van der Waals surface area contributed by atoms with Crippen LogP contribution >= 0.6 is 0 Å². The average Bonchev–Trinajstić information content (AvgIpc) is 2.49. The van der Waals surface area contributed by atoms with Crippen molar-refractivity contribution in [3.05, 3.63) is 29.8 Å². The number of nitrogens with one attached hydrogen (secondary N) is 1. The first kappa shape index (κ1) is 15.5. The third-order valence-electron chi connectivity index (χ3n) is 3.63. The van der Waals surface area contributed by atoms with E-state index < -0.39 is 6.09 Å². The smallest absolute Gasteiger partial charge is 0.411 e. The van der Waals surface area contributed by atoms with Crippen LogP contribution in [0.3, 0.4) is 0 Å². The van der Waals surface area contributed by atoms with Gasteiger partial charge in [0.15, 0.2) is 5.78 Å². The Morgan fingerprint density at radius 2 is 1.81 bits per heavy atom. The molecule has 1 aromatic carbocycles. The van der Waals surface area contributed by atoms with Gasteiger partial charge < -0.3 is 4.74 Å². The van der Waals surface area contributed by atoms with Gasteiger partial charge in [-0.05, 0) is 57.1 Å². The van der Waals surface area contributed by atoms with Crippen LogP contribution in [0, 0.1) is 0 Å². The van der Waals surface area contributed by atoms with Crippen LogP contribution in [0.5, 0.6) is 0 Å². The fourth-order valence-corrected chi connectivity index (χ4v) is 2.39. The van der Waals surface area contributed by atoms with E-state index in [4.69, 9.17) is 4.74 Å². The standard InChI is InChI=1S/C16H22N2O3/c1-13(19)14-5-7-15(8-6-14)17-16(20)21-12-11-18-9-3-2-4-10-18/h5-8H,2-4,9-12H2,1H3,(H,17,20). The Morgan fingerprint density at radius 1 is 1.14 bits per heavy atom. The normalized spacial score (nSPS) is 15.5. The molecule has 1 aliphatic heterocycles. The molecule has 114 valence electrons. The van der Waals surface area contributed by atoms with Crippen molar-refractivity contribution in [1.82, 2.24) is 4.90 Å². The second kappa shape index (κ2) is 7.78. The van der Waals surface area contributed by atoms with E-state index in [1.165, 1.54) is 26.2 Å². The number of nitrogens with zero attached hydrogens (tertiary/aromatic N) is 1. The van der Waals surface area contributed by atoms with Crippen molar-refractivity contribution in [3.63, 3.8) is 0 Å². The van der Waals surface area contributed by atoms with Crippen molar-refractivity contribution in [1.29, 1.82) is 0 Å². The lowest BCUT2D eigenvalue weighted by atomic mass is 10.1. The van der Waals surface area contributed by atoms with Crippen molar-refractivity contribution in [2.75, 3.05) is 31.6 Å². The molecule has 0 spiro atoms. The van der Waals surface area contributed by atoms with E-state index in [2.05, 4.69) is 10.2 Å². The Morgan fingerprint density at radius 3 is 2.43 bits per heavy atom. The van der Waals surface area contributed by atoms with Gasteiger partial charge in [-0.1, -0.05) is 6.42 Å². The van der Waals surface area contributed by atoms with Crippen LogP contribution in [0.1, 0.15) is 36.5 Å². The summed E-state index contributed by atoms with van der Waals surface area (Å²) < 4.78 is 5.17. The summed E-state index contributed by atoms with van der Waals surface area (Å²) in [7, 11) is 0. The molecule has 0 radical (unpaired) electrons. The lowest BCUT2D eigenvalue weighted by Gasteiger charge is -2.25. The van der Waals surface area contributed by atoms with Crippen LogP contribution in [0.25, 0.3) is 0 Å². The predicted molar refractivity (Wildman–Crippen MR) is 81.7 cm³/mol. The van der Waals surface area contributed by atoms with E-state index in [0.29, 0.717) is 17.9 Å². The van der Waals surface area contributed by atoms with Crippen molar-refractivity contribution in [3.8, 4) is 0 Å². The van der Waals surface area contributed by atoms with Gasteiger partial charge in [0.2, 0.25) is 0 Å². The Hall–Kier alpha value is -1.88. The molecule has 1 amide bonds. The molecule has 1 fully saturated rings. The third kappa shape index (κ3) is 5.19. The summed E-state index contributed by atoms with van der Waals surface area (Å²) in [6, 6.07) is 6.77. The minimum atomic E-state index is -0.456. The molecule has 5 nitrogen and oxygen atoms in total. The number of piperidine rings is 1. The highest BCUT2D eigenvalue weighted by Crippen LogP contribution is 2.11. The number of anilines is 1. The molecule has 1 heterocycles. The number of benzene rings is 1. The summed E-state index contributed by atoms with van der Waals surface area (Å²) in [5.74, 6) is 0.00524. The number of hydrogen-bond donors (Lipinski definition) is 1. The molecular weight excluding hydrogens is 268 g/mol. The SMILES string of the molecule is CC(=O)c1ccc(NC(=O)OCCN2CCCCC2)cc1. The maximum atomic E-state index is 11.7. The molecule has 2 rings (SSSR count). The number of Topliss-reactive ketones (excluding diaryl/α,β-unsaturated/α-hetero) is 1. The molecule has 1 N–H and O–H groups in total. The van der Waals surface area contributed by atoms with Crippen LogP contribution in [0.2, 0.25) is 0 Å². The average molecular weight is 290 g/mol. The molecule has 0 atom stereocenters. The Balaban J connectivity index is 1.70. The van der Waals surface area contributed by atoms with E-state index in [-0.39, 0.29) is 5.78 Å². The highest BCUT2D eigenvalue weighted by molar-refractivity contribution is 5.94. The summed E-state index contributed by atoms with van der Waals surface area (Å²) in [4.78, 5) is 25.1. The highest BCUT2D eigenvalue weighted by atomic mass is 16.5.